The van der Waals surface area contributed by atoms with Crippen LogP contribution in [0.4, 0.5) is 0 Å². The molecule has 4 fully saturated rings. The van der Waals surface area contributed by atoms with E-state index in [0.29, 0.717) is 17.3 Å². The molecule has 1 N–H and O–H groups in total. The van der Waals surface area contributed by atoms with Crippen LogP contribution in [0.15, 0.2) is 16.8 Å². The Morgan fingerprint density at radius 1 is 1.11 bits per heavy atom. The first-order chi connectivity index (χ1) is 13.4. The second-order valence-corrected chi connectivity index (χ2v) is 11.1. The van der Waals surface area contributed by atoms with Crippen LogP contribution in [0.1, 0.15) is 83.3 Å². The summed E-state index contributed by atoms with van der Waals surface area (Å²) in [6.07, 6.45) is 12.6. The first-order valence-electron chi connectivity index (χ1n) is 11.5. The highest BCUT2D eigenvalue weighted by Crippen LogP contribution is 2.69. The Hall–Kier alpha value is -0.870. The fourth-order valence-electron chi connectivity index (χ4n) is 8.66. The lowest BCUT2D eigenvalue weighted by atomic mass is 9.43. The van der Waals surface area contributed by atoms with Gasteiger partial charge < -0.3 is 14.4 Å². The van der Waals surface area contributed by atoms with E-state index in [1.807, 2.05) is 20.2 Å². The molecule has 0 radical (unpaired) electrons. The van der Waals surface area contributed by atoms with Crippen molar-refractivity contribution in [2.24, 2.45) is 34.5 Å². The molecule has 0 bridgehead atoms. The Morgan fingerprint density at radius 2 is 1.96 bits per heavy atom. The topological polar surface area (TPSA) is 55.5 Å². The molecule has 1 heterocycles. The maximum absolute atomic E-state index is 10.8. The lowest BCUT2D eigenvalue weighted by Crippen LogP contribution is -2.58. The van der Waals surface area contributed by atoms with Gasteiger partial charge in [-0.15, -0.1) is 0 Å². The first kappa shape index (κ1) is 19.1. The second kappa shape index (κ2) is 6.57. The Kier molecular flexibility index (Phi) is 4.48. The van der Waals surface area contributed by atoms with Gasteiger partial charge in [0.15, 0.2) is 0 Å². The zero-order chi connectivity index (χ0) is 19.6. The van der Waals surface area contributed by atoms with Gasteiger partial charge in [0.05, 0.1) is 18.4 Å². The largest absolute Gasteiger partial charge is 0.390 e. The van der Waals surface area contributed by atoms with Gasteiger partial charge in [0.25, 0.3) is 0 Å². The smallest absolute Gasteiger partial charge is 0.140 e. The van der Waals surface area contributed by atoms with E-state index >= 15 is 0 Å². The third-order valence-electron chi connectivity index (χ3n) is 9.87. The van der Waals surface area contributed by atoms with Crippen molar-refractivity contribution in [3.8, 4) is 0 Å². The molecule has 8 atom stereocenters. The second-order valence-electron chi connectivity index (χ2n) is 11.1. The Balaban J connectivity index is 1.45. The summed E-state index contributed by atoms with van der Waals surface area (Å²) >= 11 is 0. The molecule has 4 nitrogen and oxygen atoms in total. The zero-order valence-corrected chi connectivity index (χ0v) is 17.8. The van der Waals surface area contributed by atoms with Crippen LogP contribution in [0.25, 0.3) is 0 Å². The molecule has 4 saturated carbocycles. The predicted molar refractivity (Wildman–Crippen MR) is 108 cm³/mol. The number of ether oxygens (including phenoxy) is 1. The average Bonchev–Trinajstić information content (AvgIpc) is 3.28. The number of aliphatic hydroxyl groups is 1. The van der Waals surface area contributed by atoms with E-state index in [4.69, 9.17) is 9.26 Å². The van der Waals surface area contributed by atoms with Gasteiger partial charge in [-0.25, -0.2) is 0 Å². The van der Waals surface area contributed by atoms with Crippen LogP contribution in [-0.4, -0.2) is 29.6 Å². The van der Waals surface area contributed by atoms with Crippen molar-refractivity contribution in [3.05, 3.63) is 18.0 Å². The summed E-state index contributed by atoms with van der Waals surface area (Å²) in [5, 5.41) is 14.8. The van der Waals surface area contributed by atoms with Crippen LogP contribution in [0, 0.1) is 34.5 Å². The maximum atomic E-state index is 10.8. The number of nitrogens with zero attached hydrogens (tertiary/aromatic N) is 1. The van der Waals surface area contributed by atoms with Crippen molar-refractivity contribution >= 4 is 0 Å². The van der Waals surface area contributed by atoms with Gasteiger partial charge in [0.2, 0.25) is 0 Å². The number of hydrogen-bond acceptors (Lipinski definition) is 4. The molecule has 4 heteroatoms. The van der Waals surface area contributed by atoms with Gasteiger partial charge in [0, 0.05) is 19.1 Å². The molecule has 0 spiro atoms. The number of methoxy groups -OCH3 is 1. The molecular formula is C24H37NO3. The average molecular weight is 388 g/mol. The molecule has 5 rings (SSSR count). The van der Waals surface area contributed by atoms with Crippen LogP contribution in [-0.2, 0) is 4.74 Å². The van der Waals surface area contributed by atoms with Crippen LogP contribution >= 0.6 is 0 Å². The molecule has 0 unspecified atom stereocenters. The van der Waals surface area contributed by atoms with Crippen molar-refractivity contribution < 1.29 is 14.4 Å². The maximum Gasteiger partial charge on any atom is 0.140 e. The van der Waals surface area contributed by atoms with Gasteiger partial charge in [-0.2, -0.15) is 0 Å². The van der Waals surface area contributed by atoms with Crippen molar-refractivity contribution in [2.75, 3.05) is 13.7 Å². The molecular weight excluding hydrogens is 350 g/mol. The lowest BCUT2D eigenvalue weighted by Gasteiger charge is -2.62. The summed E-state index contributed by atoms with van der Waals surface area (Å²) in [7, 11) is 1.88. The van der Waals surface area contributed by atoms with Gasteiger partial charge >= 0.3 is 0 Å². The van der Waals surface area contributed by atoms with Crippen molar-refractivity contribution in [3.63, 3.8) is 0 Å². The van der Waals surface area contributed by atoms with E-state index in [-0.39, 0.29) is 5.41 Å². The quantitative estimate of drug-likeness (QED) is 0.776. The fourth-order valence-corrected chi connectivity index (χ4v) is 8.66. The summed E-state index contributed by atoms with van der Waals surface area (Å²) in [5.74, 6) is 4.61. The SMILES string of the molecule is COC[C@]12CC[C@@](C)(O)C[C@@H]1CC[C@H]1[C@@H]3CC[C@H](c4ccno4)[C@@]3(C)CC[C@@H]12. The lowest BCUT2D eigenvalue weighted by molar-refractivity contribution is -0.172. The summed E-state index contributed by atoms with van der Waals surface area (Å²) < 4.78 is 11.5. The van der Waals surface area contributed by atoms with E-state index in [1.54, 1.807) is 0 Å². The van der Waals surface area contributed by atoms with Gasteiger partial charge in [-0.1, -0.05) is 12.1 Å². The molecule has 0 amide bonds. The Bertz CT molecular complexity index is 701. The van der Waals surface area contributed by atoms with E-state index in [1.165, 1.54) is 38.5 Å². The minimum absolute atomic E-state index is 0.283. The number of fused-ring (bicyclic) bond motifs is 5. The highest BCUT2D eigenvalue weighted by Gasteiger charge is 2.62. The van der Waals surface area contributed by atoms with Crippen LogP contribution in [0.2, 0.25) is 0 Å². The van der Waals surface area contributed by atoms with E-state index in [9.17, 15) is 5.11 Å². The molecule has 0 aliphatic heterocycles. The monoisotopic (exact) mass is 387 g/mol. The molecule has 28 heavy (non-hydrogen) atoms. The Morgan fingerprint density at radius 3 is 2.71 bits per heavy atom. The molecule has 156 valence electrons. The molecule has 0 saturated heterocycles. The van der Waals surface area contributed by atoms with E-state index < -0.39 is 5.60 Å². The summed E-state index contributed by atoms with van der Waals surface area (Å²) in [6.45, 7) is 5.46. The van der Waals surface area contributed by atoms with E-state index in [0.717, 1.165) is 49.4 Å². The molecule has 0 aromatic carbocycles. The number of hydrogen-bond donors (Lipinski definition) is 1. The fraction of sp³-hybridized carbons (Fsp3) is 0.875. The highest BCUT2D eigenvalue weighted by molar-refractivity contribution is 5.18. The molecule has 4 aliphatic carbocycles. The van der Waals surface area contributed by atoms with Crippen LogP contribution in [0.3, 0.4) is 0 Å². The van der Waals surface area contributed by atoms with Gasteiger partial charge in [0.1, 0.15) is 5.76 Å². The molecule has 1 aromatic heterocycles. The van der Waals surface area contributed by atoms with Crippen LogP contribution < -0.4 is 0 Å². The summed E-state index contributed by atoms with van der Waals surface area (Å²) in [4.78, 5) is 0. The van der Waals surface area contributed by atoms with Gasteiger partial charge in [-0.3, -0.25) is 0 Å². The third kappa shape index (κ3) is 2.66. The van der Waals surface area contributed by atoms with Gasteiger partial charge in [-0.05, 0) is 99.2 Å². The minimum atomic E-state index is -0.483. The summed E-state index contributed by atoms with van der Waals surface area (Å²) in [6, 6.07) is 2.09. The van der Waals surface area contributed by atoms with Crippen molar-refractivity contribution in [1.29, 1.82) is 0 Å². The molecule has 4 aliphatic rings. The predicted octanol–water partition coefficient (Wildman–Crippen LogP) is 5.18. The minimum Gasteiger partial charge on any atom is -0.390 e. The summed E-state index contributed by atoms with van der Waals surface area (Å²) in [5.41, 5.74) is 0.149. The Labute approximate surface area is 169 Å². The van der Waals surface area contributed by atoms with Crippen molar-refractivity contribution in [2.45, 2.75) is 83.2 Å². The third-order valence-corrected chi connectivity index (χ3v) is 9.87. The normalized spacial score (nSPS) is 50.6. The van der Waals surface area contributed by atoms with Crippen LogP contribution in [0.5, 0.6) is 0 Å². The van der Waals surface area contributed by atoms with Crippen molar-refractivity contribution in [1.82, 2.24) is 5.16 Å². The standard InChI is InChI=1S/C24H37NO3/c1-22(26)11-12-24(15-27-3)16(14-22)4-5-17-18-6-7-20(21-9-13-25-28-21)23(18,2)10-8-19(17)24/h9,13,16-20,26H,4-8,10-12,14-15H2,1-3H3/t16-,17-,18-,19-,20+,22+,23-,24+/m0/s1. The molecule has 1 aromatic rings. The number of aromatic nitrogens is 1. The first-order valence-corrected chi connectivity index (χ1v) is 11.5. The highest BCUT2D eigenvalue weighted by atomic mass is 16.5. The van der Waals surface area contributed by atoms with E-state index in [2.05, 4.69) is 18.1 Å². The zero-order valence-electron chi connectivity index (χ0n) is 17.8. The number of rotatable bonds is 3.